The summed E-state index contributed by atoms with van der Waals surface area (Å²) in [4.78, 5) is 12.4. The molecule has 0 aliphatic heterocycles. The van der Waals surface area contributed by atoms with Crippen LogP contribution in [0.1, 0.15) is 98.8 Å². The molecule has 30 heavy (non-hydrogen) atoms. The first-order valence-corrected chi connectivity index (χ1v) is 12.8. The van der Waals surface area contributed by atoms with E-state index in [9.17, 15) is 9.90 Å². The van der Waals surface area contributed by atoms with Crippen LogP contribution >= 0.6 is 0 Å². The van der Waals surface area contributed by atoms with Crippen molar-refractivity contribution < 1.29 is 9.90 Å². The molecule has 2 heteroatoms. The topological polar surface area (TPSA) is 37.3 Å². The SMILES string of the molecule is CC(C)CCCC(C)[C@H]1CC[C@H]2[C@@H]3CCC4=CC(=O)C(=CO)C[C@]4(C)[C@H]3CC[C@]12C. The van der Waals surface area contributed by atoms with Crippen LogP contribution in [0.5, 0.6) is 0 Å². The lowest BCUT2D eigenvalue weighted by Crippen LogP contribution is -2.51. The van der Waals surface area contributed by atoms with Gasteiger partial charge in [0.05, 0.1) is 6.26 Å². The van der Waals surface area contributed by atoms with E-state index in [1.165, 1.54) is 56.9 Å². The zero-order chi connectivity index (χ0) is 21.7. The van der Waals surface area contributed by atoms with Crippen LogP contribution in [0.4, 0.5) is 0 Å². The number of carbonyl (C=O) groups excluding carboxylic acids is 1. The normalized spacial score (nSPS) is 43.2. The average molecular weight is 413 g/mol. The zero-order valence-electron chi connectivity index (χ0n) is 20.0. The van der Waals surface area contributed by atoms with Gasteiger partial charge in [-0.1, -0.05) is 59.5 Å². The van der Waals surface area contributed by atoms with Crippen molar-refractivity contribution in [2.24, 2.45) is 46.3 Å². The van der Waals surface area contributed by atoms with Crippen LogP contribution in [0.3, 0.4) is 0 Å². The predicted octanol–water partition coefficient (Wildman–Crippen LogP) is 7.65. The largest absolute Gasteiger partial charge is 0.515 e. The van der Waals surface area contributed by atoms with Gasteiger partial charge in [0.25, 0.3) is 0 Å². The number of rotatable bonds is 5. The Kier molecular flexibility index (Phi) is 6.01. The third-order valence-corrected chi connectivity index (χ3v) is 10.3. The molecule has 0 aromatic heterocycles. The van der Waals surface area contributed by atoms with Gasteiger partial charge in [-0.15, -0.1) is 0 Å². The summed E-state index contributed by atoms with van der Waals surface area (Å²) in [6.45, 7) is 12.3. The minimum atomic E-state index is 0.0419. The second-order valence-corrected chi connectivity index (χ2v) is 12.2. The second kappa shape index (κ2) is 8.14. The van der Waals surface area contributed by atoms with Crippen LogP contribution in [0.15, 0.2) is 23.5 Å². The highest BCUT2D eigenvalue weighted by atomic mass is 16.2. The number of hydrogen-bond donors (Lipinski definition) is 1. The van der Waals surface area contributed by atoms with E-state index in [2.05, 4.69) is 34.6 Å². The third-order valence-electron chi connectivity index (χ3n) is 10.3. The molecular formula is C28H44O2. The molecule has 1 N–H and O–H groups in total. The van der Waals surface area contributed by atoms with Gasteiger partial charge in [-0.2, -0.15) is 0 Å². The molecule has 0 aromatic carbocycles. The molecule has 0 radical (unpaired) electrons. The van der Waals surface area contributed by atoms with Gasteiger partial charge in [0, 0.05) is 5.57 Å². The summed E-state index contributed by atoms with van der Waals surface area (Å²) in [5.74, 6) is 4.93. The van der Waals surface area contributed by atoms with Crippen molar-refractivity contribution in [1.82, 2.24) is 0 Å². The van der Waals surface area contributed by atoms with E-state index in [1.807, 2.05) is 6.08 Å². The molecule has 3 saturated carbocycles. The van der Waals surface area contributed by atoms with Gasteiger partial charge in [-0.25, -0.2) is 0 Å². The summed E-state index contributed by atoms with van der Waals surface area (Å²) >= 11 is 0. The van der Waals surface area contributed by atoms with E-state index in [0.717, 1.165) is 48.7 Å². The lowest BCUT2D eigenvalue weighted by molar-refractivity contribution is -0.113. The Hall–Kier alpha value is -1.05. The fraction of sp³-hybridized carbons (Fsp3) is 0.821. The van der Waals surface area contributed by atoms with Gasteiger partial charge < -0.3 is 5.11 Å². The smallest absolute Gasteiger partial charge is 0.184 e. The molecule has 1 unspecified atom stereocenters. The van der Waals surface area contributed by atoms with E-state index in [4.69, 9.17) is 0 Å². The lowest BCUT2D eigenvalue weighted by atomic mass is 9.46. The van der Waals surface area contributed by atoms with Crippen LogP contribution < -0.4 is 0 Å². The van der Waals surface area contributed by atoms with Crippen LogP contribution in [-0.2, 0) is 4.79 Å². The van der Waals surface area contributed by atoms with E-state index >= 15 is 0 Å². The zero-order valence-corrected chi connectivity index (χ0v) is 20.0. The number of aliphatic hydroxyl groups is 1. The predicted molar refractivity (Wildman–Crippen MR) is 124 cm³/mol. The Morgan fingerprint density at radius 1 is 1.10 bits per heavy atom. The highest BCUT2D eigenvalue weighted by molar-refractivity contribution is 6.05. The summed E-state index contributed by atoms with van der Waals surface area (Å²) < 4.78 is 0. The molecule has 2 nitrogen and oxygen atoms in total. The van der Waals surface area contributed by atoms with E-state index in [-0.39, 0.29) is 11.2 Å². The number of aliphatic hydroxyl groups excluding tert-OH is 1. The molecule has 168 valence electrons. The standard InChI is InChI=1S/C28H44O2/c1-18(2)7-6-8-19(3)23-11-12-24-22-10-9-21-15-26(30)20(17-29)16-28(21,5)25(22)13-14-27(23,24)4/h15,17-19,22-25,29H,6-14,16H2,1-5H3/t19?,22-,23+,24-,25-,27+,28-/m0/s1. The molecule has 4 rings (SSSR count). The number of hydrogen-bond acceptors (Lipinski definition) is 2. The van der Waals surface area contributed by atoms with Crippen molar-refractivity contribution in [2.75, 3.05) is 0 Å². The van der Waals surface area contributed by atoms with Crippen molar-refractivity contribution >= 4 is 5.78 Å². The summed E-state index contributed by atoms with van der Waals surface area (Å²) in [5.41, 5.74) is 2.59. The Balaban J connectivity index is 1.52. The first-order chi connectivity index (χ1) is 14.2. The first kappa shape index (κ1) is 22.2. The van der Waals surface area contributed by atoms with Crippen LogP contribution in [-0.4, -0.2) is 10.9 Å². The first-order valence-electron chi connectivity index (χ1n) is 12.8. The highest BCUT2D eigenvalue weighted by Crippen LogP contribution is 2.67. The summed E-state index contributed by atoms with van der Waals surface area (Å²) in [6, 6.07) is 0. The van der Waals surface area contributed by atoms with Crippen molar-refractivity contribution in [3.63, 3.8) is 0 Å². The number of allylic oxidation sites excluding steroid dienone is 2. The minimum Gasteiger partial charge on any atom is -0.515 e. The molecule has 0 aromatic rings. The van der Waals surface area contributed by atoms with E-state index < -0.39 is 0 Å². The van der Waals surface area contributed by atoms with Crippen molar-refractivity contribution in [3.05, 3.63) is 23.5 Å². The van der Waals surface area contributed by atoms with Crippen molar-refractivity contribution in [2.45, 2.75) is 98.8 Å². The van der Waals surface area contributed by atoms with Crippen LogP contribution in [0.2, 0.25) is 0 Å². The fourth-order valence-electron chi connectivity index (χ4n) is 8.68. The fourth-order valence-corrected chi connectivity index (χ4v) is 8.68. The van der Waals surface area contributed by atoms with Crippen molar-refractivity contribution in [1.29, 1.82) is 0 Å². The van der Waals surface area contributed by atoms with Gasteiger partial charge in [0.2, 0.25) is 0 Å². The Morgan fingerprint density at radius 2 is 1.87 bits per heavy atom. The Labute approximate surface area is 184 Å². The summed E-state index contributed by atoms with van der Waals surface area (Å²) in [5, 5.41) is 9.64. The average Bonchev–Trinajstić information content (AvgIpc) is 3.05. The van der Waals surface area contributed by atoms with Gasteiger partial charge in [0.1, 0.15) is 0 Å². The van der Waals surface area contributed by atoms with Gasteiger partial charge in [0.15, 0.2) is 5.78 Å². The molecule has 0 spiro atoms. The van der Waals surface area contributed by atoms with Gasteiger partial charge >= 0.3 is 0 Å². The molecule has 4 aliphatic rings. The number of ketones is 1. The number of fused-ring (bicyclic) bond motifs is 5. The molecular weight excluding hydrogens is 368 g/mol. The highest BCUT2D eigenvalue weighted by Gasteiger charge is 2.59. The quantitative estimate of drug-likeness (QED) is 0.372. The molecule has 4 aliphatic carbocycles. The van der Waals surface area contributed by atoms with Crippen molar-refractivity contribution in [3.8, 4) is 0 Å². The third kappa shape index (κ3) is 3.51. The Bertz CT molecular complexity index is 731. The number of carbonyl (C=O) groups is 1. The minimum absolute atomic E-state index is 0.0419. The van der Waals surface area contributed by atoms with E-state index in [0.29, 0.717) is 16.9 Å². The molecule has 0 saturated heterocycles. The maximum absolute atomic E-state index is 12.4. The molecule has 0 bridgehead atoms. The summed E-state index contributed by atoms with van der Waals surface area (Å²) in [7, 11) is 0. The second-order valence-electron chi connectivity index (χ2n) is 12.2. The van der Waals surface area contributed by atoms with Gasteiger partial charge in [-0.05, 0) is 97.4 Å². The Morgan fingerprint density at radius 3 is 2.57 bits per heavy atom. The maximum atomic E-state index is 12.4. The monoisotopic (exact) mass is 412 g/mol. The lowest BCUT2D eigenvalue weighted by Gasteiger charge is -2.58. The molecule has 0 heterocycles. The van der Waals surface area contributed by atoms with Gasteiger partial charge in [-0.3, -0.25) is 4.79 Å². The van der Waals surface area contributed by atoms with Crippen LogP contribution in [0.25, 0.3) is 0 Å². The molecule has 7 atom stereocenters. The van der Waals surface area contributed by atoms with Crippen LogP contribution in [0, 0.1) is 46.3 Å². The molecule has 3 fully saturated rings. The summed E-state index contributed by atoms with van der Waals surface area (Å²) in [6.07, 6.45) is 15.7. The van der Waals surface area contributed by atoms with E-state index in [1.54, 1.807) is 0 Å². The molecule has 0 amide bonds. The maximum Gasteiger partial charge on any atom is 0.184 e.